The molecular formula is C15H18N6O3S2. The molecule has 1 atom stereocenters. The van der Waals surface area contributed by atoms with E-state index in [-0.39, 0.29) is 4.90 Å². The molecular weight excluding hydrogens is 376 g/mol. The van der Waals surface area contributed by atoms with E-state index in [4.69, 9.17) is 4.42 Å². The normalized spacial score (nSPS) is 18.6. The van der Waals surface area contributed by atoms with E-state index in [2.05, 4.69) is 20.3 Å². The van der Waals surface area contributed by atoms with E-state index in [1.54, 1.807) is 16.4 Å². The van der Waals surface area contributed by atoms with Crippen LogP contribution < -0.4 is 0 Å². The molecule has 0 spiro atoms. The first-order chi connectivity index (χ1) is 12.5. The molecule has 0 amide bonds. The van der Waals surface area contributed by atoms with Crippen molar-refractivity contribution in [3.05, 3.63) is 29.5 Å². The lowest BCUT2D eigenvalue weighted by atomic mass is 10.2. The van der Waals surface area contributed by atoms with E-state index in [1.165, 1.54) is 21.8 Å². The summed E-state index contributed by atoms with van der Waals surface area (Å²) in [6.07, 6.45) is 4.31. The Labute approximate surface area is 154 Å². The fourth-order valence-corrected chi connectivity index (χ4v) is 5.36. The van der Waals surface area contributed by atoms with Crippen molar-refractivity contribution in [2.24, 2.45) is 0 Å². The van der Waals surface area contributed by atoms with E-state index in [0.29, 0.717) is 31.3 Å². The molecule has 1 aliphatic rings. The summed E-state index contributed by atoms with van der Waals surface area (Å²) in [5, 5.41) is 12.3. The summed E-state index contributed by atoms with van der Waals surface area (Å²) in [6, 6.07) is -0.459. The molecule has 1 aliphatic heterocycles. The third-order valence-corrected chi connectivity index (χ3v) is 7.19. The fourth-order valence-electron chi connectivity index (χ4n) is 3.03. The van der Waals surface area contributed by atoms with Crippen LogP contribution in [0.15, 0.2) is 27.2 Å². The SMILES string of the molecule is CCn1cc(S(=O)(=O)N2CCCC2c2nnc(-c3scnc3C)o2)cn1. The van der Waals surface area contributed by atoms with Gasteiger partial charge in [-0.1, -0.05) is 0 Å². The molecule has 26 heavy (non-hydrogen) atoms. The number of hydrogen-bond donors (Lipinski definition) is 0. The van der Waals surface area contributed by atoms with Crippen LogP contribution in [-0.2, 0) is 16.6 Å². The molecule has 11 heteroatoms. The van der Waals surface area contributed by atoms with Crippen molar-refractivity contribution in [2.75, 3.05) is 6.54 Å². The molecule has 3 aromatic heterocycles. The summed E-state index contributed by atoms with van der Waals surface area (Å²) >= 11 is 1.42. The van der Waals surface area contributed by atoms with Gasteiger partial charge in [-0.3, -0.25) is 4.68 Å². The van der Waals surface area contributed by atoms with Gasteiger partial charge < -0.3 is 4.42 Å². The topological polar surface area (TPSA) is 107 Å². The molecule has 0 aromatic carbocycles. The zero-order chi connectivity index (χ0) is 18.3. The summed E-state index contributed by atoms with van der Waals surface area (Å²) in [6.45, 7) is 4.80. The van der Waals surface area contributed by atoms with Crippen molar-refractivity contribution < 1.29 is 12.8 Å². The number of sulfonamides is 1. The monoisotopic (exact) mass is 394 g/mol. The molecule has 138 valence electrons. The summed E-state index contributed by atoms with van der Waals surface area (Å²) in [5.74, 6) is 0.694. The van der Waals surface area contributed by atoms with Crippen LogP contribution in [0.25, 0.3) is 10.8 Å². The van der Waals surface area contributed by atoms with E-state index in [1.807, 2.05) is 13.8 Å². The van der Waals surface area contributed by atoms with Crippen LogP contribution in [0.3, 0.4) is 0 Å². The van der Waals surface area contributed by atoms with Gasteiger partial charge in [-0.2, -0.15) is 9.40 Å². The fraction of sp³-hybridized carbons (Fsp3) is 0.467. The quantitative estimate of drug-likeness (QED) is 0.653. The summed E-state index contributed by atoms with van der Waals surface area (Å²) in [4.78, 5) is 5.17. The van der Waals surface area contributed by atoms with Crippen molar-refractivity contribution in [1.82, 2.24) is 29.3 Å². The van der Waals surface area contributed by atoms with Crippen LogP contribution in [0, 0.1) is 6.92 Å². The average molecular weight is 394 g/mol. The minimum Gasteiger partial charge on any atom is -0.418 e. The van der Waals surface area contributed by atoms with Crippen molar-refractivity contribution in [3.63, 3.8) is 0 Å². The first kappa shape index (κ1) is 17.3. The maximum absolute atomic E-state index is 13.0. The molecule has 1 unspecified atom stereocenters. The minimum absolute atomic E-state index is 0.185. The van der Waals surface area contributed by atoms with Gasteiger partial charge in [0.25, 0.3) is 5.89 Å². The summed E-state index contributed by atoms with van der Waals surface area (Å²) < 4.78 is 34.8. The second kappa shape index (κ2) is 6.56. The largest absolute Gasteiger partial charge is 0.418 e. The number of aromatic nitrogens is 5. The molecule has 4 heterocycles. The Bertz CT molecular complexity index is 1020. The van der Waals surface area contributed by atoms with Crippen LogP contribution in [-0.4, -0.2) is 44.2 Å². The minimum atomic E-state index is -3.67. The highest BCUT2D eigenvalue weighted by Gasteiger charge is 2.40. The second-order valence-corrected chi connectivity index (χ2v) is 8.76. The van der Waals surface area contributed by atoms with E-state index in [9.17, 15) is 8.42 Å². The van der Waals surface area contributed by atoms with Gasteiger partial charge in [-0.05, 0) is 26.7 Å². The van der Waals surface area contributed by atoms with Crippen molar-refractivity contribution in [1.29, 1.82) is 0 Å². The summed E-state index contributed by atoms with van der Waals surface area (Å²) in [7, 11) is -3.67. The average Bonchev–Trinajstić information content (AvgIpc) is 3.38. The van der Waals surface area contributed by atoms with Crippen molar-refractivity contribution in [2.45, 2.75) is 44.2 Å². The molecule has 1 saturated heterocycles. The predicted octanol–water partition coefficient (Wildman–Crippen LogP) is 2.24. The molecule has 1 fully saturated rings. The molecule has 4 rings (SSSR count). The molecule has 3 aromatic rings. The zero-order valence-corrected chi connectivity index (χ0v) is 16.0. The highest BCUT2D eigenvalue weighted by molar-refractivity contribution is 7.89. The maximum atomic E-state index is 13.0. The van der Waals surface area contributed by atoms with Crippen molar-refractivity contribution >= 4 is 21.4 Å². The Balaban J connectivity index is 1.65. The first-order valence-electron chi connectivity index (χ1n) is 8.29. The second-order valence-electron chi connectivity index (χ2n) is 6.02. The number of thiazole rings is 1. The lowest BCUT2D eigenvalue weighted by molar-refractivity contribution is 0.332. The third kappa shape index (κ3) is 2.85. The number of nitrogens with zero attached hydrogens (tertiary/aromatic N) is 6. The van der Waals surface area contributed by atoms with Crippen LogP contribution >= 0.6 is 11.3 Å². The van der Waals surface area contributed by atoms with Gasteiger partial charge in [-0.15, -0.1) is 21.5 Å². The Morgan fingerprint density at radius 2 is 2.23 bits per heavy atom. The highest BCUT2D eigenvalue weighted by Crippen LogP contribution is 2.37. The third-order valence-electron chi connectivity index (χ3n) is 4.41. The molecule has 0 bridgehead atoms. The molecule has 0 aliphatic carbocycles. The lowest BCUT2D eigenvalue weighted by Gasteiger charge is -2.20. The first-order valence-corrected chi connectivity index (χ1v) is 10.6. The summed E-state index contributed by atoms with van der Waals surface area (Å²) in [5.41, 5.74) is 2.53. The smallest absolute Gasteiger partial charge is 0.259 e. The van der Waals surface area contributed by atoms with Gasteiger partial charge in [0, 0.05) is 19.3 Å². The van der Waals surface area contributed by atoms with Crippen LogP contribution in [0.1, 0.15) is 37.4 Å². The Morgan fingerprint density at radius 1 is 1.38 bits per heavy atom. The van der Waals surface area contributed by atoms with Gasteiger partial charge in [0.15, 0.2) is 0 Å². The Hall–Kier alpha value is -2.11. The molecule has 9 nitrogen and oxygen atoms in total. The maximum Gasteiger partial charge on any atom is 0.259 e. The highest BCUT2D eigenvalue weighted by atomic mass is 32.2. The van der Waals surface area contributed by atoms with Crippen LogP contribution in [0.5, 0.6) is 0 Å². The van der Waals surface area contributed by atoms with Gasteiger partial charge in [0.2, 0.25) is 15.9 Å². The van der Waals surface area contributed by atoms with Crippen LogP contribution in [0.4, 0.5) is 0 Å². The van der Waals surface area contributed by atoms with Gasteiger partial charge in [0.05, 0.1) is 17.4 Å². The van der Waals surface area contributed by atoms with E-state index >= 15 is 0 Å². The Kier molecular flexibility index (Phi) is 4.37. The number of hydrogen-bond acceptors (Lipinski definition) is 8. The van der Waals surface area contributed by atoms with Crippen molar-refractivity contribution in [3.8, 4) is 10.8 Å². The van der Waals surface area contributed by atoms with Gasteiger partial charge in [0.1, 0.15) is 15.8 Å². The van der Waals surface area contributed by atoms with E-state index in [0.717, 1.165) is 17.0 Å². The van der Waals surface area contributed by atoms with Gasteiger partial charge >= 0.3 is 0 Å². The molecule has 0 radical (unpaired) electrons. The van der Waals surface area contributed by atoms with Crippen LogP contribution in [0.2, 0.25) is 0 Å². The zero-order valence-electron chi connectivity index (χ0n) is 14.4. The number of rotatable bonds is 5. The van der Waals surface area contributed by atoms with Gasteiger partial charge in [-0.25, -0.2) is 13.4 Å². The Morgan fingerprint density at radius 3 is 2.92 bits per heavy atom. The molecule has 0 saturated carbocycles. The standard InChI is InChI=1S/C15H18N6O3S2/c1-3-20-8-11(7-17-20)26(22,23)21-6-4-5-12(21)14-18-19-15(24-14)13-10(2)16-9-25-13/h7-9,12H,3-6H2,1-2H3. The van der Waals surface area contributed by atoms with E-state index < -0.39 is 16.1 Å². The molecule has 0 N–H and O–H groups in total. The number of aryl methyl sites for hydroxylation is 2. The predicted molar refractivity (Wildman–Crippen MR) is 93.9 cm³/mol. The lowest BCUT2D eigenvalue weighted by Crippen LogP contribution is -2.30.